The second-order valence-corrected chi connectivity index (χ2v) is 2.33. The van der Waals surface area contributed by atoms with E-state index in [-0.39, 0.29) is 12.5 Å². The second kappa shape index (κ2) is 3.53. The van der Waals surface area contributed by atoms with Crippen molar-refractivity contribution in [3.8, 4) is 0 Å². The third kappa shape index (κ3) is 1.97. The number of amides is 1. The van der Waals surface area contributed by atoms with Crippen LogP contribution in [0, 0.1) is 0 Å². The fourth-order valence-corrected chi connectivity index (χ4v) is 1.01. The van der Waals surface area contributed by atoms with Crippen LogP contribution in [0.25, 0.3) is 0 Å². The minimum atomic E-state index is -0.118. The van der Waals surface area contributed by atoms with Gasteiger partial charge in [0.1, 0.15) is 0 Å². The summed E-state index contributed by atoms with van der Waals surface area (Å²) < 4.78 is 0. The molecule has 0 aliphatic carbocycles. The second-order valence-electron chi connectivity index (χ2n) is 2.33. The van der Waals surface area contributed by atoms with Crippen molar-refractivity contribution in [2.45, 2.75) is 0 Å². The van der Waals surface area contributed by atoms with Crippen molar-refractivity contribution in [3.63, 3.8) is 0 Å². The van der Waals surface area contributed by atoms with Gasteiger partial charge in [0, 0.05) is 19.6 Å². The van der Waals surface area contributed by atoms with Gasteiger partial charge in [0.25, 0.3) is 0 Å². The SMILES string of the molecule is [O]CCN1CCNC(=O)C1. The predicted octanol–water partition coefficient (Wildman–Crippen LogP) is -1.15. The molecule has 1 rings (SSSR count). The maximum Gasteiger partial charge on any atom is 0.234 e. The summed E-state index contributed by atoms with van der Waals surface area (Å²) in [6.07, 6.45) is 0. The van der Waals surface area contributed by atoms with Crippen LogP contribution in [0.1, 0.15) is 0 Å². The monoisotopic (exact) mass is 143 g/mol. The molecule has 0 bridgehead atoms. The average molecular weight is 143 g/mol. The summed E-state index contributed by atoms with van der Waals surface area (Å²) in [5, 5.41) is 12.8. The van der Waals surface area contributed by atoms with Crippen LogP contribution in [-0.4, -0.2) is 43.6 Å². The van der Waals surface area contributed by atoms with Gasteiger partial charge >= 0.3 is 0 Å². The first-order valence-corrected chi connectivity index (χ1v) is 3.40. The first kappa shape index (κ1) is 7.50. The van der Waals surface area contributed by atoms with E-state index < -0.39 is 0 Å². The molecule has 4 heteroatoms. The lowest BCUT2D eigenvalue weighted by Crippen LogP contribution is -2.48. The Morgan fingerprint density at radius 3 is 3.00 bits per heavy atom. The van der Waals surface area contributed by atoms with Crippen LogP contribution in [0.15, 0.2) is 0 Å². The molecule has 1 N–H and O–H groups in total. The fourth-order valence-electron chi connectivity index (χ4n) is 1.01. The van der Waals surface area contributed by atoms with Gasteiger partial charge in [0.15, 0.2) is 0 Å². The van der Waals surface area contributed by atoms with Gasteiger partial charge in [-0.25, -0.2) is 5.11 Å². The first-order chi connectivity index (χ1) is 4.83. The van der Waals surface area contributed by atoms with E-state index in [0.29, 0.717) is 19.6 Å². The Hall–Kier alpha value is -0.610. The van der Waals surface area contributed by atoms with Crippen LogP contribution in [0.4, 0.5) is 0 Å². The number of nitrogens with zero attached hydrogens (tertiary/aromatic N) is 1. The van der Waals surface area contributed by atoms with Gasteiger partial charge in [-0.2, -0.15) is 0 Å². The molecule has 1 fully saturated rings. The minimum Gasteiger partial charge on any atom is -0.354 e. The Balaban J connectivity index is 2.25. The van der Waals surface area contributed by atoms with Gasteiger partial charge in [-0.1, -0.05) is 0 Å². The molecular weight excluding hydrogens is 132 g/mol. The highest BCUT2D eigenvalue weighted by Gasteiger charge is 2.14. The van der Waals surface area contributed by atoms with Crippen molar-refractivity contribution in [1.82, 2.24) is 10.2 Å². The molecule has 1 heterocycles. The third-order valence-electron chi connectivity index (χ3n) is 1.52. The molecule has 1 aliphatic rings. The van der Waals surface area contributed by atoms with E-state index >= 15 is 0 Å². The third-order valence-corrected chi connectivity index (χ3v) is 1.52. The average Bonchev–Trinajstić information content (AvgIpc) is 1.88. The highest BCUT2D eigenvalue weighted by molar-refractivity contribution is 5.78. The lowest BCUT2D eigenvalue weighted by atomic mass is 10.3. The summed E-state index contributed by atoms with van der Waals surface area (Å²) in [4.78, 5) is 12.6. The molecule has 1 saturated heterocycles. The summed E-state index contributed by atoms with van der Waals surface area (Å²) >= 11 is 0. The lowest BCUT2D eigenvalue weighted by molar-refractivity contribution is -0.124. The van der Waals surface area contributed by atoms with Crippen LogP contribution < -0.4 is 5.32 Å². The van der Waals surface area contributed by atoms with Crippen molar-refractivity contribution in [1.29, 1.82) is 0 Å². The normalized spacial score (nSPS) is 20.7. The molecule has 0 atom stereocenters. The van der Waals surface area contributed by atoms with Gasteiger partial charge in [-0.05, 0) is 0 Å². The minimum absolute atomic E-state index is 0.0275. The topological polar surface area (TPSA) is 52.2 Å². The maximum atomic E-state index is 10.7. The Morgan fingerprint density at radius 1 is 1.60 bits per heavy atom. The standard InChI is InChI=1S/C6H11N2O2/c9-4-3-8-2-1-7-6(10)5-8/h1-5H2,(H,7,10). The van der Waals surface area contributed by atoms with E-state index in [1.54, 1.807) is 0 Å². The Labute approximate surface area is 59.8 Å². The van der Waals surface area contributed by atoms with Crippen LogP contribution in [0.5, 0.6) is 0 Å². The molecule has 0 unspecified atom stereocenters. The molecule has 1 aliphatic heterocycles. The van der Waals surface area contributed by atoms with Gasteiger partial charge in [0.2, 0.25) is 5.91 Å². The van der Waals surface area contributed by atoms with Crippen LogP contribution >= 0.6 is 0 Å². The van der Waals surface area contributed by atoms with Gasteiger partial charge in [-0.15, -0.1) is 0 Å². The molecule has 4 nitrogen and oxygen atoms in total. The Kier molecular flexibility index (Phi) is 2.65. The zero-order valence-electron chi connectivity index (χ0n) is 5.80. The van der Waals surface area contributed by atoms with E-state index in [9.17, 15) is 9.90 Å². The summed E-state index contributed by atoms with van der Waals surface area (Å²) in [6, 6.07) is 0. The van der Waals surface area contributed by atoms with Crippen molar-refractivity contribution >= 4 is 5.91 Å². The summed E-state index contributed by atoms with van der Waals surface area (Å²) in [6.45, 7) is 2.26. The van der Waals surface area contributed by atoms with E-state index in [0.717, 1.165) is 6.54 Å². The maximum absolute atomic E-state index is 10.7. The molecule has 1 radical (unpaired) electrons. The number of hydrogen-bond acceptors (Lipinski definition) is 2. The van der Waals surface area contributed by atoms with Crippen molar-refractivity contribution in [2.24, 2.45) is 0 Å². The Morgan fingerprint density at radius 2 is 2.40 bits per heavy atom. The van der Waals surface area contributed by atoms with Crippen LogP contribution in [0.3, 0.4) is 0 Å². The number of rotatable bonds is 2. The fraction of sp³-hybridized carbons (Fsp3) is 0.833. The lowest BCUT2D eigenvalue weighted by Gasteiger charge is -2.24. The largest absolute Gasteiger partial charge is 0.354 e. The number of carbonyl (C=O) groups is 1. The van der Waals surface area contributed by atoms with E-state index in [2.05, 4.69) is 5.32 Å². The van der Waals surface area contributed by atoms with Crippen LogP contribution in [0.2, 0.25) is 0 Å². The summed E-state index contributed by atoms with van der Waals surface area (Å²) in [5.41, 5.74) is 0. The zero-order valence-corrected chi connectivity index (χ0v) is 5.80. The van der Waals surface area contributed by atoms with Gasteiger partial charge in [-0.3, -0.25) is 9.69 Å². The quantitative estimate of drug-likeness (QED) is 0.530. The number of hydrogen-bond donors (Lipinski definition) is 1. The smallest absolute Gasteiger partial charge is 0.234 e. The van der Waals surface area contributed by atoms with E-state index in [1.807, 2.05) is 4.90 Å². The molecule has 10 heavy (non-hydrogen) atoms. The van der Waals surface area contributed by atoms with Gasteiger partial charge < -0.3 is 5.32 Å². The zero-order chi connectivity index (χ0) is 7.40. The molecule has 57 valence electrons. The molecule has 0 saturated carbocycles. The van der Waals surface area contributed by atoms with Crippen molar-refractivity contribution < 1.29 is 9.90 Å². The number of carbonyl (C=O) groups excluding carboxylic acids is 1. The molecule has 0 aromatic rings. The molecule has 0 aromatic carbocycles. The highest BCUT2D eigenvalue weighted by atomic mass is 16.3. The molecule has 0 spiro atoms. The van der Waals surface area contributed by atoms with Crippen molar-refractivity contribution in [3.05, 3.63) is 0 Å². The number of piperazine rings is 1. The number of nitrogens with one attached hydrogen (secondary N) is 1. The molecule has 0 aromatic heterocycles. The van der Waals surface area contributed by atoms with E-state index in [1.165, 1.54) is 0 Å². The van der Waals surface area contributed by atoms with E-state index in [4.69, 9.17) is 0 Å². The Bertz CT molecular complexity index is 125. The first-order valence-electron chi connectivity index (χ1n) is 3.40. The summed E-state index contributed by atoms with van der Waals surface area (Å²) in [7, 11) is 0. The van der Waals surface area contributed by atoms with Crippen molar-refractivity contribution in [2.75, 3.05) is 32.8 Å². The summed E-state index contributed by atoms with van der Waals surface area (Å²) in [5.74, 6) is 0.0275. The molecular formula is C6H11N2O2. The van der Waals surface area contributed by atoms with Gasteiger partial charge in [0.05, 0.1) is 13.2 Å². The predicted molar refractivity (Wildman–Crippen MR) is 35.0 cm³/mol. The highest BCUT2D eigenvalue weighted by Crippen LogP contribution is 1.90. The van der Waals surface area contributed by atoms with Crippen LogP contribution in [-0.2, 0) is 9.90 Å². The molecule has 1 amide bonds.